The highest BCUT2D eigenvalue weighted by molar-refractivity contribution is 7.99. The summed E-state index contributed by atoms with van der Waals surface area (Å²) < 4.78 is 23.0. The number of aliphatic hydroxyl groups is 3. The van der Waals surface area contributed by atoms with Crippen LogP contribution >= 0.6 is 11.8 Å². The first-order valence-electron chi connectivity index (χ1n) is 30.0. The van der Waals surface area contributed by atoms with Crippen molar-refractivity contribution in [1.29, 1.82) is 0 Å². The summed E-state index contributed by atoms with van der Waals surface area (Å²) in [5, 5.41) is 92.1. The molecule has 0 aromatic heterocycles. The number of phenols is 2. The van der Waals surface area contributed by atoms with Gasteiger partial charge in [-0.3, -0.25) is 47.9 Å². The van der Waals surface area contributed by atoms with Crippen molar-refractivity contribution in [3.63, 3.8) is 0 Å². The molecule has 1 fully saturated rings. The fourth-order valence-corrected chi connectivity index (χ4v) is 11.8. The Morgan fingerprint density at radius 3 is 2.16 bits per heavy atom. The van der Waals surface area contributed by atoms with Crippen LogP contribution in [0.1, 0.15) is 133 Å². The lowest BCUT2D eigenvalue weighted by molar-refractivity contribution is -0.249. The molecular weight excluding hydrogens is 1260 g/mol. The summed E-state index contributed by atoms with van der Waals surface area (Å²) in [6.45, 7) is 2.67. The number of ether oxygens (including phenoxy) is 4. The summed E-state index contributed by atoms with van der Waals surface area (Å²) in [5.41, 5.74) is 6.80. The molecule has 10 atom stereocenters. The summed E-state index contributed by atoms with van der Waals surface area (Å²) in [7, 11) is 1.27. The average Bonchev–Trinajstić information content (AvgIpc) is 0.713. The number of hydrogen-bond acceptors (Lipinski definition) is 23. The zero-order chi connectivity index (χ0) is 69.3. The van der Waals surface area contributed by atoms with Gasteiger partial charge in [0.15, 0.2) is 17.9 Å². The number of rotatable bonds is 33. The Balaban J connectivity index is 1.03. The molecule has 0 saturated carbocycles. The van der Waals surface area contributed by atoms with Crippen molar-refractivity contribution in [3.05, 3.63) is 81.4 Å². The first-order valence-corrected chi connectivity index (χ1v) is 31.2. The number of alkyl carbamates (subject to hydrolysis) is 1. The number of unbranched alkanes of at least 4 members (excludes halogenated alkanes) is 1. The van der Waals surface area contributed by atoms with Crippen LogP contribution in [0.2, 0.25) is 0 Å². The molecule has 33 heteroatoms. The third-order valence-electron chi connectivity index (χ3n) is 15.8. The molecule has 94 heavy (non-hydrogen) atoms. The van der Waals surface area contributed by atoms with E-state index in [1.54, 1.807) is 13.8 Å². The zero-order valence-electron chi connectivity index (χ0n) is 51.9. The number of carboxylic acid groups (broad SMARTS) is 2. The second-order valence-corrected chi connectivity index (χ2v) is 24.2. The molecule has 3 aromatic rings. The van der Waals surface area contributed by atoms with Crippen LogP contribution in [0.15, 0.2) is 42.5 Å². The number of methoxy groups -OCH3 is 1. The third kappa shape index (κ3) is 19.3. The van der Waals surface area contributed by atoms with Gasteiger partial charge in [-0.1, -0.05) is 38.1 Å². The van der Waals surface area contributed by atoms with Gasteiger partial charge in [0.25, 0.3) is 0 Å². The number of primary amides is 1. The van der Waals surface area contributed by atoms with E-state index in [0.29, 0.717) is 24.2 Å². The molecule has 512 valence electrons. The number of ketones is 3. The number of carbonyl (C=O) groups is 12. The van der Waals surface area contributed by atoms with E-state index in [-0.39, 0.29) is 91.1 Å². The number of aliphatic hydroxyl groups excluding tert-OH is 2. The predicted molar refractivity (Wildman–Crippen MR) is 330 cm³/mol. The van der Waals surface area contributed by atoms with Crippen LogP contribution < -0.4 is 53.4 Å². The van der Waals surface area contributed by atoms with Gasteiger partial charge in [0, 0.05) is 66.8 Å². The molecule has 0 unspecified atom stereocenters. The Hall–Kier alpha value is -8.99. The minimum absolute atomic E-state index is 0.00417. The number of Topliss-reactive ketones (excluding diaryl/α,β-unsaturated/α-hetero) is 1. The van der Waals surface area contributed by atoms with Gasteiger partial charge < -0.3 is 103 Å². The fourth-order valence-electron chi connectivity index (χ4n) is 10.8. The lowest BCUT2D eigenvalue weighted by Crippen LogP contribution is -2.56. The van der Waals surface area contributed by atoms with Crippen molar-refractivity contribution in [2.24, 2.45) is 17.4 Å². The van der Waals surface area contributed by atoms with Crippen LogP contribution in [-0.4, -0.2) is 199 Å². The maximum atomic E-state index is 14.1. The first kappa shape index (κ1) is 74.1. The Kier molecular flexibility index (Phi) is 26.6. The molecule has 32 nitrogen and oxygen atoms in total. The van der Waals surface area contributed by atoms with Gasteiger partial charge in [-0.25, -0.2) is 9.59 Å². The largest absolute Gasteiger partial charge is 0.507 e. The molecule has 0 radical (unpaired) electrons. The van der Waals surface area contributed by atoms with Gasteiger partial charge in [0.1, 0.15) is 72.9 Å². The topological polar surface area (TPSA) is 520 Å². The number of nitrogens with two attached hydrogens (primary N) is 2. The predicted octanol–water partition coefficient (Wildman–Crippen LogP) is -0.237. The van der Waals surface area contributed by atoms with Crippen LogP contribution in [0.4, 0.5) is 15.3 Å². The lowest BCUT2D eigenvalue weighted by Gasteiger charge is -2.42. The van der Waals surface area contributed by atoms with Crippen LogP contribution in [0.25, 0.3) is 0 Å². The van der Waals surface area contributed by atoms with E-state index >= 15 is 0 Å². The van der Waals surface area contributed by atoms with Crippen LogP contribution in [0, 0.1) is 5.92 Å². The molecule has 18 N–H and O–H groups in total. The summed E-state index contributed by atoms with van der Waals surface area (Å²) in [5.74, 6) is -10.4. The van der Waals surface area contributed by atoms with E-state index < -0.39 is 186 Å². The molecule has 1 aliphatic heterocycles. The number of carboxylic acids is 2. The van der Waals surface area contributed by atoms with Crippen LogP contribution in [0.5, 0.6) is 17.2 Å². The third-order valence-corrected chi connectivity index (χ3v) is 17.0. The maximum Gasteiger partial charge on any atom is 0.407 e. The summed E-state index contributed by atoms with van der Waals surface area (Å²) in [6, 6.07) is 3.47. The van der Waals surface area contributed by atoms with Gasteiger partial charge in [-0.15, -0.1) is 0 Å². The molecule has 1 saturated heterocycles. The first-order chi connectivity index (χ1) is 44.5. The lowest BCUT2D eigenvalue weighted by atomic mass is 9.72. The Labute approximate surface area is 542 Å². The number of benzene rings is 3. The summed E-state index contributed by atoms with van der Waals surface area (Å²) in [4.78, 5) is 154. The van der Waals surface area contributed by atoms with E-state index in [4.69, 9.17) is 40.6 Å². The number of phenolic OH excluding ortho intramolecular Hbond substituents is 2. The number of carbonyl (C=O) groups excluding carboxylic acids is 10. The standard InChI is InChI=1S/C61H79N9O23S/c1-28(2)49(70-41(73)12-5-6-20-94-27-37(55(82)65-24-43(75)76)67-42(74)18-17-34(62)58(85)86)57(84)68-35(10-8-19-64-59(63)87)56(83)66-31-15-13-30(14-16-31)26-91-60(88)69-36-21-44(92-29(3)50(36)77)93-39-23-61(89,40(72)25-71)22-33-46(39)54(81)48-47(52(33)79)51(78)32-9-7-11-38(90-4)45(32)53(48)80/h7,9,11,13-16,28-29,34-37,39,44,49-50,71,77,79,81,89H,5-6,8,10,12,17-27,62H2,1-4H3,(H,65,82)(H,66,83)(H,67,74)(H,68,84)(H,69,88)(H,70,73)(H,75,76)(H,85,86)(H3,63,64,87)/t29-,34-,35-,36-,37-,39-,44-,49-,50+,61-/m0/s1. The van der Waals surface area contributed by atoms with Crippen molar-refractivity contribution in [1.82, 2.24) is 31.9 Å². The monoisotopic (exact) mass is 1340 g/mol. The minimum Gasteiger partial charge on any atom is -0.507 e. The highest BCUT2D eigenvalue weighted by atomic mass is 32.2. The number of urea groups is 1. The maximum absolute atomic E-state index is 14.1. The van der Waals surface area contributed by atoms with Gasteiger partial charge in [0.05, 0.1) is 42.0 Å². The SMILES string of the molecule is COc1cccc2c1C(=O)c1c(O)c3c(c(O)c1C2=O)C[C@@](O)(C(=O)CO)C[C@@H]3O[C@H]1C[C@H](NC(=O)OCc2ccc(NC(=O)[C@H](CCCNC(N)=O)NC(=O)[C@@H](NC(=O)CCCCSC[C@H](NC(=O)CC[C@H](N)C(=O)O)C(=O)NCC(=O)O)C(C)C)cc2)[C@H](O)[C@H](C)O1. The molecule has 0 spiro atoms. The number of thioether (sulfide) groups is 1. The molecule has 2 aliphatic carbocycles. The number of aromatic hydroxyl groups is 2. The second-order valence-electron chi connectivity index (χ2n) is 23.0. The number of hydrogen-bond donors (Lipinski definition) is 16. The molecule has 3 aromatic carbocycles. The fraction of sp³-hybridized carbons (Fsp3) is 0.508. The minimum atomic E-state index is -2.44. The second kappa shape index (κ2) is 33.7. The molecule has 6 rings (SSSR count). The molecular formula is C61H79N9O23S. The Morgan fingerprint density at radius 1 is 0.819 bits per heavy atom. The van der Waals surface area contributed by atoms with Gasteiger partial charge in [-0.2, -0.15) is 11.8 Å². The quantitative estimate of drug-likeness (QED) is 0.0216. The van der Waals surface area contributed by atoms with Crippen molar-refractivity contribution >= 4 is 88.4 Å². The van der Waals surface area contributed by atoms with E-state index in [1.807, 2.05) is 0 Å². The summed E-state index contributed by atoms with van der Waals surface area (Å²) in [6.07, 6.45) is -7.70. The van der Waals surface area contributed by atoms with Crippen molar-refractivity contribution in [2.45, 2.75) is 152 Å². The summed E-state index contributed by atoms with van der Waals surface area (Å²) >= 11 is 1.23. The number of anilines is 1. The number of nitrogens with one attached hydrogen (secondary N) is 7. The van der Waals surface area contributed by atoms with E-state index in [0.717, 1.165) is 0 Å². The molecule has 3 aliphatic rings. The number of aliphatic carboxylic acids is 2. The normalized spacial score (nSPS) is 20.1. The zero-order valence-corrected chi connectivity index (χ0v) is 52.7. The highest BCUT2D eigenvalue weighted by Gasteiger charge is 2.51. The van der Waals surface area contributed by atoms with E-state index in [9.17, 15) is 83.1 Å². The smallest absolute Gasteiger partial charge is 0.407 e. The van der Waals surface area contributed by atoms with Gasteiger partial charge in [0.2, 0.25) is 35.3 Å². The molecule has 0 bridgehead atoms. The number of fused-ring (bicyclic) bond motifs is 3. The highest BCUT2D eigenvalue weighted by Crippen LogP contribution is 2.52. The van der Waals surface area contributed by atoms with E-state index in [1.165, 1.54) is 68.3 Å². The van der Waals surface area contributed by atoms with Crippen molar-refractivity contribution in [3.8, 4) is 17.2 Å². The van der Waals surface area contributed by atoms with Crippen molar-refractivity contribution in [2.75, 3.05) is 43.6 Å². The van der Waals surface area contributed by atoms with Gasteiger partial charge >= 0.3 is 24.1 Å². The van der Waals surface area contributed by atoms with Crippen molar-refractivity contribution < 1.29 is 112 Å². The number of amides is 8. The molecule has 8 amide bonds. The van der Waals surface area contributed by atoms with E-state index in [2.05, 4.69) is 37.2 Å². The van der Waals surface area contributed by atoms with Crippen LogP contribution in [-0.2, 0) is 65.6 Å². The van der Waals surface area contributed by atoms with Crippen LogP contribution in [0.3, 0.4) is 0 Å². The average molecular weight is 1340 g/mol. The molecule has 1 heterocycles. The Bertz CT molecular complexity index is 3350. The van der Waals surface area contributed by atoms with Gasteiger partial charge in [-0.05, 0) is 74.5 Å². The Morgan fingerprint density at radius 2 is 1.51 bits per heavy atom.